The van der Waals surface area contributed by atoms with Crippen LogP contribution in [0.2, 0.25) is 0 Å². The number of aryl methyl sites for hydroxylation is 1. The third-order valence-corrected chi connectivity index (χ3v) is 2.96. The van der Waals surface area contributed by atoms with Crippen LogP contribution in [-0.4, -0.2) is 26.2 Å². The molecule has 1 aromatic heterocycles. The standard InChI is InChI=1S/C13H17N5O3/c1-3-14-7-10-4-5-12(11(6-10)18(19)20)21-8-13-16-15-9-17(13)2/h4-6,9,14H,3,7-8H2,1-2H3. The minimum atomic E-state index is -0.443. The lowest BCUT2D eigenvalue weighted by Crippen LogP contribution is -2.12. The summed E-state index contributed by atoms with van der Waals surface area (Å²) in [5, 5.41) is 21.9. The topological polar surface area (TPSA) is 95.1 Å². The first kappa shape index (κ1) is 14.9. The van der Waals surface area contributed by atoms with Crippen molar-refractivity contribution in [3.05, 3.63) is 46.0 Å². The van der Waals surface area contributed by atoms with Crippen molar-refractivity contribution >= 4 is 5.69 Å². The number of nitrogens with zero attached hydrogens (tertiary/aromatic N) is 4. The smallest absolute Gasteiger partial charge is 0.311 e. The molecule has 0 bridgehead atoms. The molecule has 0 radical (unpaired) electrons. The van der Waals surface area contributed by atoms with Crippen LogP contribution in [0.1, 0.15) is 18.3 Å². The van der Waals surface area contributed by atoms with Gasteiger partial charge >= 0.3 is 5.69 Å². The van der Waals surface area contributed by atoms with E-state index in [2.05, 4.69) is 15.5 Å². The third-order valence-electron chi connectivity index (χ3n) is 2.96. The van der Waals surface area contributed by atoms with Gasteiger partial charge in [-0.2, -0.15) is 0 Å². The van der Waals surface area contributed by atoms with E-state index in [1.54, 1.807) is 24.0 Å². The average molecular weight is 291 g/mol. The van der Waals surface area contributed by atoms with Gasteiger partial charge in [0.25, 0.3) is 0 Å². The zero-order valence-corrected chi connectivity index (χ0v) is 11.9. The van der Waals surface area contributed by atoms with Crippen LogP contribution in [0, 0.1) is 10.1 Å². The maximum absolute atomic E-state index is 11.1. The Hall–Kier alpha value is -2.48. The van der Waals surface area contributed by atoms with Gasteiger partial charge in [-0.25, -0.2) is 0 Å². The molecular weight excluding hydrogens is 274 g/mol. The highest BCUT2D eigenvalue weighted by molar-refractivity contribution is 5.48. The van der Waals surface area contributed by atoms with Gasteiger partial charge in [0.15, 0.2) is 11.6 Å². The van der Waals surface area contributed by atoms with E-state index in [0.717, 1.165) is 12.1 Å². The van der Waals surface area contributed by atoms with E-state index in [1.165, 1.54) is 6.07 Å². The summed E-state index contributed by atoms with van der Waals surface area (Å²) in [6.07, 6.45) is 1.55. The molecule has 1 aromatic carbocycles. The van der Waals surface area contributed by atoms with Crippen molar-refractivity contribution in [3.8, 4) is 5.75 Å². The normalized spacial score (nSPS) is 10.6. The Morgan fingerprint density at radius 1 is 1.48 bits per heavy atom. The highest BCUT2D eigenvalue weighted by atomic mass is 16.6. The highest BCUT2D eigenvalue weighted by Crippen LogP contribution is 2.28. The van der Waals surface area contributed by atoms with Crippen LogP contribution in [0.15, 0.2) is 24.5 Å². The first-order valence-corrected chi connectivity index (χ1v) is 6.55. The van der Waals surface area contributed by atoms with Crippen molar-refractivity contribution in [2.24, 2.45) is 7.05 Å². The fourth-order valence-electron chi connectivity index (χ4n) is 1.79. The summed E-state index contributed by atoms with van der Waals surface area (Å²) < 4.78 is 7.20. The van der Waals surface area contributed by atoms with Gasteiger partial charge in [-0.1, -0.05) is 13.0 Å². The Morgan fingerprint density at radius 3 is 2.90 bits per heavy atom. The van der Waals surface area contributed by atoms with Gasteiger partial charge in [-0.3, -0.25) is 10.1 Å². The van der Waals surface area contributed by atoms with Crippen molar-refractivity contribution in [2.45, 2.75) is 20.1 Å². The fraction of sp³-hybridized carbons (Fsp3) is 0.385. The number of aromatic nitrogens is 3. The summed E-state index contributed by atoms with van der Waals surface area (Å²) in [5.74, 6) is 0.823. The number of hydrogen-bond donors (Lipinski definition) is 1. The van der Waals surface area contributed by atoms with Gasteiger partial charge in [0.1, 0.15) is 12.9 Å². The lowest BCUT2D eigenvalue weighted by atomic mass is 10.2. The van der Waals surface area contributed by atoms with Gasteiger partial charge in [-0.15, -0.1) is 10.2 Å². The van der Waals surface area contributed by atoms with Crippen LogP contribution in [0.5, 0.6) is 5.75 Å². The summed E-state index contributed by atoms with van der Waals surface area (Å²) >= 11 is 0. The van der Waals surface area contributed by atoms with Crippen molar-refractivity contribution in [2.75, 3.05) is 6.54 Å². The summed E-state index contributed by atoms with van der Waals surface area (Å²) in [6, 6.07) is 4.94. The summed E-state index contributed by atoms with van der Waals surface area (Å²) in [4.78, 5) is 10.7. The minimum absolute atomic E-state index is 0.0485. The minimum Gasteiger partial charge on any atom is -0.479 e. The Labute approximate surface area is 121 Å². The second-order valence-corrected chi connectivity index (χ2v) is 4.49. The largest absolute Gasteiger partial charge is 0.479 e. The molecule has 0 aliphatic carbocycles. The van der Waals surface area contributed by atoms with Gasteiger partial charge in [-0.05, 0) is 18.2 Å². The number of nitrogens with one attached hydrogen (secondary N) is 1. The number of hydrogen-bond acceptors (Lipinski definition) is 6. The Kier molecular flexibility index (Phi) is 4.83. The molecule has 0 atom stereocenters. The lowest BCUT2D eigenvalue weighted by Gasteiger charge is -2.08. The highest BCUT2D eigenvalue weighted by Gasteiger charge is 2.16. The van der Waals surface area contributed by atoms with Crippen LogP contribution in [0.3, 0.4) is 0 Å². The first-order valence-electron chi connectivity index (χ1n) is 6.55. The van der Waals surface area contributed by atoms with E-state index < -0.39 is 4.92 Å². The quantitative estimate of drug-likeness (QED) is 0.612. The Balaban J connectivity index is 2.14. The zero-order valence-electron chi connectivity index (χ0n) is 11.9. The molecule has 0 spiro atoms. The zero-order chi connectivity index (χ0) is 15.2. The molecule has 0 saturated heterocycles. The molecule has 0 amide bonds. The summed E-state index contributed by atoms with van der Waals surface area (Å²) in [6.45, 7) is 3.50. The van der Waals surface area contributed by atoms with Crippen LogP contribution in [0.25, 0.3) is 0 Å². The fourth-order valence-corrected chi connectivity index (χ4v) is 1.79. The van der Waals surface area contributed by atoms with E-state index in [9.17, 15) is 10.1 Å². The van der Waals surface area contributed by atoms with E-state index in [1.807, 2.05) is 13.0 Å². The maximum Gasteiger partial charge on any atom is 0.311 e. The predicted octanol–water partition coefficient (Wildman–Crippen LogP) is 1.41. The molecule has 2 aromatic rings. The third kappa shape index (κ3) is 3.76. The number of benzene rings is 1. The van der Waals surface area contributed by atoms with E-state index in [4.69, 9.17) is 4.74 Å². The number of rotatable bonds is 7. The van der Waals surface area contributed by atoms with Gasteiger partial charge in [0, 0.05) is 19.7 Å². The van der Waals surface area contributed by atoms with E-state index in [-0.39, 0.29) is 18.0 Å². The molecule has 0 saturated carbocycles. The molecule has 1 heterocycles. The van der Waals surface area contributed by atoms with Crippen LogP contribution < -0.4 is 10.1 Å². The number of nitro groups is 1. The second-order valence-electron chi connectivity index (χ2n) is 4.49. The monoisotopic (exact) mass is 291 g/mol. The van der Waals surface area contributed by atoms with Crippen molar-refractivity contribution in [1.29, 1.82) is 0 Å². The molecular formula is C13H17N5O3. The first-order chi connectivity index (χ1) is 10.1. The molecule has 112 valence electrons. The summed E-state index contributed by atoms with van der Waals surface area (Å²) in [7, 11) is 1.78. The molecule has 8 heteroatoms. The van der Waals surface area contributed by atoms with Crippen LogP contribution >= 0.6 is 0 Å². The SMILES string of the molecule is CCNCc1ccc(OCc2nncn2C)c([N+](=O)[O-])c1. The molecule has 0 fully saturated rings. The summed E-state index contributed by atoms with van der Waals surface area (Å²) in [5.41, 5.74) is 0.794. The van der Waals surface area contributed by atoms with E-state index in [0.29, 0.717) is 12.4 Å². The maximum atomic E-state index is 11.1. The number of nitro benzene ring substituents is 1. The molecule has 1 N–H and O–H groups in total. The molecule has 21 heavy (non-hydrogen) atoms. The lowest BCUT2D eigenvalue weighted by molar-refractivity contribution is -0.386. The van der Waals surface area contributed by atoms with Gasteiger partial charge < -0.3 is 14.6 Å². The molecule has 0 aliphatic rings. The van der Waals surface area contributed by atoms with Crippen LogP contribution in [0.4, 0.5) is 5.69 Å². The number of ether oxygens (including phenoxy) is 1. The second kappa shape index (κ2) is 6.80. The Morgan fingerprint density at radius 2 is 2.29 bits per heavy atom. The average Bonchev–Trinajstić information content (AvgIpc) is 2.88. The Bertz CT molecular complexity index is 626. The molecule has 2 rings (SSSR count). The van der Waals surface area contributed by atoms with Crippen molar-refractivity contribution in [3.63, 3.8) is 0 Å². The molecule has 0 unspecified atom stereocenters. The van der Waals surface area contributed by atoms with Crippen molar-refractivity contribution < 1.29 is 9.66 Å². The van der Waals surface area contributed by atoms with Gasteiger partial charge in [0.05, 0.1) is 4.92 Å². The molecule has 8 nitrogen and oxygen atoms in total. The van der Waals surface area contributed by atoms with Crippen LogP contribution in [-0.2, 0) is 20.2 Å². The van der Waals surface area contributed by atoms with Gasteiger partial charge in [0.2, 0.25) is 0 Å². The molecule has 0 aliphatic heterocycles. The van der Waals surface area contributed by atoms with Crippen molar-refractivity contribution in [1.82, 2.24) is 20.1 Å². The predicted molar refractivity (Wildman–Crippen MR) is 75.8 cm³/mol. The van der Waals surface area contributed by atoms with E-state index >= 15 is 0 Å².